The number of hydrogen-bond acceptors (Lipinski definition) is 3. The highest BCUT2D eigenvalue weighted by Gasteiger charge is 2.11. The molecule has 17 heavy (non-hydrogen) atoms. The van der Waals surface area contributed by atoms with Crippen LogP contribution in [-0.2, 0) is 17.9 Å². The molecule has 1 aromatic heterocycles. The van der Waals surface area contributed by atoms with Gasteiger partial charge in [-0.2, -0.15) is 0 Å². The third kappa shape index (κ3) is 2.94. The van der Waals surface area contributed by atoms with Crippen LogP contribution in [0, 0.1) is 6.92 Å². The molecule has 0 aliphatic rings. The second-order valence-electron chi connectivity index (χ2n) is 4.00. The van der Waals surface area contributed by atoms with E-state index >= 15 is 0 Å². The maximum Gasteiger partial charge on any atom is 0.255 e. The second kappa shape index (κ2) is 5.63. The lowest BCUT2D eigenvalue weighted by atomic mass is 10.2. The molecule has 1 aromatic rings. The summed E-state index contributed by atoms with van der Waals surface area (Å²) < 4.78 is 1.47. The van der Waals surface area contributed by atoms with E-state index < -0.39 is 0 Å². The quantitative estimate of drug-likeness (QED) is 0.807. The van der Waals surface area contributed by atoms with Crippen molar-refractivity contribution in [2.75, 3.05) is 13.6 Å². The van der Waals surface area contributed by atoms with Gasteiger partial charge in [0.25, 0.3) is 5.56 Å². The Hall–Kier alpha value is -1.62. The normalized spacial score (nSPS) is 10.4. The fourth-order valence-corrected chi connectivity index (χ4v) is 1.50. The van der Waals surface area contributed by atoms with E-state index in [1.54, 1.807) is 24.9 Å². The first-order chi connectivity index (χ1) is 8.01. The molecule has 0 aliphatic heterocycles. The molecule has 0 aromatic carbocycles. The van der Waals surface area contributed by atoms with Gasteiger partial charge in [0.1, 0.15) is 6.54 Å². The lowest BCUT2D eigenvalue weighted by Gasteiger charge is -2.17. The molecule has 94 valence electrons. The van der Waals surface area contributed by atoms with Gasteiger partial charge in [0.05, 0.1) is 0 Å². The van der Waals surface area contributed by atoms with Crippen molar-refractivity contribution in [3.8, 4) is 0 Å². The van der Waals surface area contributed by atoms with Crippen molar-refractivity contribution in [3.63, 3.8) is 0 Å². The van der Waals surface area contributed by atoms with Gasteiger partial charge in [0, 0.05) is 31.4 Å². The highest BCUT2D eigenvalue weighted by Crippen LogP contribution is 1.99. The van der Waals surface area contributed by atoms with E-state index in [0.717, 1.165) is 5.69 Å². The van der Waals surface area contributed by atoms with Crippen LogP contribution in [-0.4, -0.2) is 29.0 Å². The molecule has 0 radical (unpaired) electrons. The molecule has 0 unspecified atom stereocenters. The topological polar surface area (TPSA) is 68.3 Å². The minimum Gasteiger partial charge on any atom is -0.344 e. The summed E-state index contributed by atoms with van der Waals surface area (Å²) in [5, 5.41) is 0. The summed E-state index contributed by atoms with van der Waals surface area (Å²) in [6.07, 6.45) is 0. The van der Waals surface area contributed by atoms with Gasteiger partial charge < -0.3 is 15.2 Å². The number of pyridine rings is 1. The van der Waals surface area contributed by atoms with Crippen LogP contribution < -0.4 is 11.3 Å². The van der Waals surface area contributed by atoms with Crippen LogP contribution in [0.4, 0.5) is 0 Å². The molecular formula is C12H19N3O2. The van der Waals surface area contributed by atoms with Gasteiger partial charge in [-0.1, -0.05) is 6.07 Å². The summed E-state index contributed by atoms with van der Waals surface area (Å²) in [6.45, 7) is 4.59. The Morgan fingerprint density at radius 1 is 1.47 bits per heavy atom. The predicted octanol–water partition coefficient (Wildman–Crippen LogP) is 0.0937. The number of likely N-dealkylation sites (N-methyl/N-ethyl adjacent to an activating group) is 1. The minimum absolute atomic E-state index is 0.0723. The van der Waals surface area contributed by atoms with Gasteiger partial charge in [-0.25, -0.2) is 0 Å². The zero-order valence-electron chi connectivity index (χ0n) is 10.6. The van der Waals surface area contributed by atoms with Crippen molar-refractivity contribution in [2.24, 2.45) is 5.73 Å². The van der Waals surface area contributed by atoms with Gasteiger partial charge in [-0.3, -0.25) is 9.59 Å². The predicted molar refractivity (Wildman–Crippen MR) is 66.6 cm³/mol. The largest absolute Gasteiger partial charge is 0.344 e. The first-order valence-electron chi connectivity index (χ1n) is 5.64. The van der Waals surface area contributed by atoms with E-state index in [1.807, 2.05) is 13.0 Å². The van der Waals surface area contributed by atoms with Crippen molar-refractivity contribution in [2.45, 2.75) is 26.9 Å². The van der Waals surface area contributed by atoms with Crippen LogP contribution in [0.2, 0.25) is 0 Å². The molecule has 0 saturated carbocycles. The average molecular weight is 237 g/mol. The standard InChI is InChI=1S/C12H19N3O2/c1-4-14(3)11(16)8-15-9(2)5-6-10(7-13)12(15)17/h5-6H,4,7-8,13H2,1-3H3. The molecule has 1 rings (SSSR count). The van der Waals surface area contributed by atoms with Crippen molar-refractivity contribution in [1.82, 2.24) is 9.47 Å². The average Bonchev–Trinajstić information content (AvgIpc) is 2.33. The molecule has 1 amide bonds. The number of nitrogens with zero attached hydrogens (tertiary/aromatic N) is 2. The number of rotatable bonds is 4. The zero-order valence-corrected chi connectivity index (χ0v) is 10.6. The SMILES string of the molecule is CCN(C)C(=O)Cn1c(C)ccc(CN)c1=O. The highest BCUT2D eigenvalue weighted by atomic mass is 16.2. The Morgan fingerprint density at radius 2 is 2.12 bits per heavy atom. The Bertz CT molecular complexity index is 465. The summed E-state index contributed by atoms with van der Waals surface area (Å²) in [5.74, 6) is -0.0770. The fourth-order valence-electron chi connectivity index (χ4n) is 1.50. The van der Waals surface area contributed by atoms with Crippen molar-refractivity contribution in [1.29, 1.82) is 0 Å². The van der Waals surface area contributed by atoms with Crippen LogP contribution in [0.25, 0.3) is 0 Å². The number of amides is 1. The molecule has 0 aliphatic carbocycles. The molecule has 1 heterocycles. The Labute approximate surface area is 101 Å². The van der Waals surface area contributed by atoms with E-state index in [1.165, 1.54) is 4.57 Å². The van der Waals surface area contributed by atoms with Gasteiger partial charge >= 0.3 is 0 Å². The van der Waals surface area contributed by atoms with E-state index in [9.17, 15) is 9.59 Å². The smallest absolute Gasteiger partial charge is 0.255 e. The number of aryl methyl sites for hydroxylation is 1. The maximum absolute atomic E-state index is 12.0. The van der Waals surface area contributed by atoms with Crippen LogP contribution in [0.1, 0.15) is 18.2 Å². The Kier molecular flexibility index (Phi) is 4.45. The summed E-state index contributed by atoms with van der Waals surface area (Å²) in [5.41, 5.74) is 6.60. The van der Waals surface area contributed by atoms with Crippen LogP contribution >= 0.6 is 0 Å². The van der Waals surface area contributed by atoms with E-state index in [4.69, 9.17) is 5.73 Å². The van der Waals surface area contributed by atoms with Crippen LogP contribution in [0.3, 0.4) is 0 Å². The first kappa shape index (κ1) is 13.4. The van der Waals surface area contributed by atoms with Crippen molar-refractivity contribution < 1.29 is 4.79 Å². The Morgan fingerprint density at radius 3 is 2.65 bits per heavy atom. The van der Waals surface area contributed by atoms with Crippen molar-refractivity contribution in [3.05, 3.63) is 33.7 Å². The van der Waals surface area contributed by atoms with E-state index in [-0.39, 0.29) is 24.6 Å². The number of hydrogen-bond donors (Lipinski definition) is 1. The highest BCUT2D eigenvalue weighted by molar-refractivity contribution is 5.75. The van der Waals surface area contributed by atoms with Crippen molar-refractivity contribution >= 4 is 5.91 Å². The first-order valence-corrected chi connectivity index (χ1v) is 5.64. The number of aromatic nitrogens is 1. The number of carbonyl (C=O) groups excluding carboxylic acids is 1. The molecule has 5 heteroatoms. The lowest BCUT2D eigenvalue weighted by molar-refractivity contribution is -0.130. The monoisotopic (exact) mass is 237 g/mol. The summed E-state index contributed by atoms with van der Waals surface area (Å²) in [6, 6.07) is 3.52. The molecule has 2 N–H and O–H groups in total. The van der Waals surface area contributed by atoms with Gasteiger partial charge in [0.2, 0.25) is 5.91 Å². The molecule has 0 fully saturated rings. The summed E-state index contributed by atoms with van der Waals surface area (Å²) in [7, 11) is 1.72. The minimum atomic E-state index is -0.176. The van der Waals surface area contributed by atoms with E-state index in [2.05, 4.69) is 0 Å². The lowest BCUT2D eigenvalue weighted by Crippen LogP contribution is -2.35. The summed E-state index contributed by atoms with van der Waals surface area (Å²) >= 11 is 0. The summed E-state index contributed by atoms with van der Waals surface area (Å²) in [4.78, 5) is 25.3. The third-order valence-corrected chi connectivity index (χ3v) is 2.88. The Balaban J connectivity index is 3.06. The maximum atomic E-state index is 12.0. The van der Waals surface area contributed by atoms with Crippen LogP contribution in [0.15, 0.2) is 16.9 Å². The number of nitrogens with two attached hydrogens (primary N) is 1. The molecular weight excluding hydrogens is 218 g/mol. The van der Waals surface area contributed by atoms with Crippen LogP contribution in [0.5, 0.6) is 0 Å². The zero-order chi connectivity index (χ0) is 13.0. The van der Waals surface area contributed by atoms with Gasteiger partial charge in [0.15, 0.2) is 0 Å². The molecule has 5 nitrogen and oxygen atoms in total. The fraction of sp³-hybridized carbons (Fsp3) is 0.500. The van der Waals surface area contributed by atoms with Gasteiger partial charge in [-0.05, 0) is 19.9 Å². The second-order valence-corrected chi connectivity index (χ2v) is 4.00. The third-order valence-electron chi connectivity index (χ3n) is 2.88. The molecule has 0 atom stereocenters. The van der Waals surface area contributed by atoms with Gasteiger partial charge in [-0.15, -0.1) is 0 Å². The number of carbonyl (C=O) groups is 1. The molecule has 0 bridgehead atoms. The van der Waals surface area contributed by atoms with E-state index in [0.29, 0.717) is 12.1 Å². The molecule has 0 spiro atoms. The molecule has 0 saturated heterocycles.